The number of benzene rings is 2. The molecule has 5 heteroatoms. The van der Waals surface area contributed by atoms with Gasteiger partial charge in [0.05, 0.1) is 6.04 Å². The average Bonchev–Trinajstić information content (AvgIpc) is 2.73. The fraction of sp³-hybridized carbons (Fsp3) is 0.348. The summed E-state index contributed by atoms with van der Waals surface area (Å²) >= 11 is 0. The molecule has 1 aliphatic carbocycles. The van der Waals surface area contributed by atoms with Crippen molar-refractivity contribution in [2.75, 3.05) is 6.54 Å². The highest BCUT2D eigenvalue weighted by Gasteiger charge is 2.46. The second-order valence-corrected chi connectivity index (χ2v) is 7.54. The van der Waals surface area contributed by atoms with E-state index in [1.54, 1.807) is 12.1 Å². The van der Waals surface area contributed by atoms with E-state index in [-0.39, 0.29) is 30.0 Å². The fourth-order valence-electron chi connectivity index (χ4n) is 4.28. The summed E-state index contributed by atoms with van der Waals surface area (Å²) < 4.78 is 5.44. The van der Waals surface area contributed by atoms with Gasteiger partial charge in [-0.1, -0.05) is 60.7 Å². The van der Waals surface area contributed by atoms with Crippen LogP contribution >= 0.6 is 0 Å². The van der Waals surface area contributed by atoms with E-state index in [1.807, 2.05) is 48.5 Å². The highest BCUT2D eigenvalue weighted by molar-refractivity contribution is 6.00. The number of carbonyl (C=O) groups is 3. The van der Waals surface area contributed by atoms with Gasteiger partial charge < -0.3 is 4.74 Å². The highest BCUT2D eigenvalue weighted by atomic mass is 16.6. The average molecular weight is 377 g/mol. The number of Topliss-reactive ketones (excluding diaryl/α,β-unsaturated/α-hetero) is 2. The Morgan fingerprint density at radius 2 is 1.64 bits per heavy atom. The number of carbonyl (C=O) groups excluding carboxylic acids is 3. The van der Waals surface area contributed by atoms with Crippen LogP contribution in [0.5, 0.6) is 0 Å². The minimum atomic E-state index is -0.562. The van der Waals surface area contributed by atoms with E-state index in [0.29, 0.717) is 31.4 Å². The molecule has 1 saturated heterocycles. The number of ketones is 2. The van der Waals surface area contributed by atoms with Crippen LogP contribution in [0.25, 0.3) is 0 Å². The van der Waals surface area contributed by atoms with E-state index in [1.165, 1.54) is 4.90 Å². The number of ether oxygens (including phenoxy) is 1. The van der Waals surface area contributed by atoms with Crippen LogP contribution in [0.2, 0.25) is 0 Å². The molecule has 1 amide bonds. The number of amides is 1. The van der Waals surface area contributed by atoms with Crippen molar-refractivity contribution in [3.05, 3.63) is 71.8 Å². The molecule has 3 atom stereocenters. The Kier molecular flexibility index (Phi) is 5.24. The molecule has 2 bridgehead atoms. The quantitative estimate of drug-likeness (QED) is 0.759. The van der Waals surface area contributed by atoms with Crippen LogP contribution in [0.3, 0.4) is 0 Å². The maximum absolute atomic E-state index is 12.9. The number of likely N-dealkylation sites (tertiary alicyclic amines) is 1. The molecule has 0 N–H and O–H groups in total. The fourth-order valence-corrected chi connectivity index (χ4v) is 4.28. The molecule has 0 unspecified atom stereocenters. The molecule has 2 fully saturated rings. The number of hydrogen-bond acceptors (Lipinski definition) is 4. The Morgan fingerprint density at radius 1 is 0.964 bits per heavy atom. The van der Waals surface area contributed by atoms with Gasteiger partial charge in [0.15, 0.2) is 11.6 Å². The molecule has 2 aliphatic rings. The first-order chi connectivity index (χ1) is 13.6. The lowest BCUT2D eigenvalue weighted by Crippen LogP contribution is -2.56. The first kappa shape index (κ1) is 18.4. The van der Waals surface area contributed by atoms with Crippen LogP contribution in [0, 0.1) is 11.8 Å². The molecule has 2 aromatic carbocycles. The van der Waals surface area contributed by atoms with Crippen molar-refractivity contribution < 1.29 is 19.1 Å². The Labute approximate surface area is 164 Å². The monoisotopic (exact) mass is 377 g/mol. The maximum atomic E-state index is 12.9. The van der Waals surface area contributed by atoms with Crippen LogP contribution in [0.1, 0.15) is 35.2 Å². The van der Waals surface area contributed by atoms with E-state index >= 15 is 0 Å². The summed E-state index contributed by atoms with van der Waals surface area (Å²) in [7, 11) is 0. The normalized spacial score (nSPS) is 23.9. The smallest absolute Gasteiger partial charge is 0.410 e. The van der Waals surface area contributed by atoms with Crippen LogP contribution in [-0.4, -0.2) is 35.1 Å². The van der Waals surface area contributed by atoms with E-state index in [9.17, 15) is 14.4 Å². The third-order valence-corrected chi connectivity index (χ3v) is 5.77. The number of hydrogen-bond donors (Lipinski definition) is 0. The predicted molar refractivity (Wildman–Crippen MR) is 104 cm³/mol. The van der Waals surface area contributed by atoms with Crippen molar-refractivity contribution in [1.29, 1.82) is 0 Å². The summed E-state index contributed by atoms with van der Waals surface area (Å²) in [5, 5.41) is 0. The molecule has 0 aromatic heterocycles. The zero-order valence-corrected chi connectivity index (χ0v) is 15.6. The summed E-state index contributed by atoms with van der Waals surface area (Å²) in [6, 6.07) is 18.1. The standard InChI is InChI=1S/C23H23NO4/c25-21(17-9-5-2-6-10-17)19-13-18-11-12-24(20(14-19)22(18)26)23(27)28-15-16-7-3-1-4-8-16/h1-10,18-20H,11-15H2/t18-,19+,20+/m0/s1. The summed E-state index contributed by atoms with van der Waals surface area (Å²) in [4.78, 5) is 39.8. The van der Waals surface area contributed by atoms with Gasteiger partial charge in [-0.2, -0.15) is 0 Å². The predicted octanol–water partition coefficient (Wildman–Crippen LogP) is 3.88. The van der Waals surface area contributed by atoms with Crippen LogP contribution in [-0.2, 0) is 16.1 Å². The third kappa shape index (κ3) is 3.70. The zero-order valence-electron chi connectivity index (χ0n) is 15.6. The highest BCUT2D eigenvalue weighted by Crippen LogP contribution is 2.37. The van der Waals surface area contributed by atoms with Crippen molar-refractivity contribution in [1.82, 2.24) is 4.90 Å². The first-order valence-corrected chi connectivity index (χ1v) is 9.74. The summed E-state index contributed by atoms with van der Waals surface area (Å²) in [5.74, 6) is -0.253. The maximum Gasteiger partial charge on any atom is 0.410 e. The van der Waals surface area contributed by atoms with Crippen molar-refractivity contribution >= 4 is 17.7 Å². The lowest BCUT2D eigenvalue weighted by molar-refractivity contribution is -0.135. The topological polar surface area (TPSA) is 63.7 Å². The van der Waals surface area contributed by atoms with Crippen LogP contribution in [0.4, 0.5) is 4.79 Å². The summed E-state index contributed by atoms with van der Waals surface area (Å²) in [6.07, 6.45) is 1.07. The first-order valence-electron chi connectivity index (χ1n) is 9.74. The van der Waals surface area contributed by atoms with Gasteiger partial charge in [0, 0.05) is 23.9 Å². The van der Waals surface area contributed by atoms with Crippen LogP contribution in [0.15, 0.2) is 60.7 Å². The van der Waals surface area contributed by atoms with Crippen molar-refractivity contribution in [3.8, 4) is 0 Å². The molecule has 0 spiro atoms. The molecule has 5 nitrogen and oxygen atoms in total. The van der Waals surface area contributed by atoms with Gasteiger partial charge in [0.2, 0.25) is 0 Å². The molecule has 2 aromatic rings. The third-order valence-electron chi connectivity index (χ3n) is 5.77. The number of nitrogens with zero attached hydrogens (tertiary/aromatic N) is 1. The van der Waals surface area contributed by atoms with Gasteiger partial charge in [0.1, 0.15) is 6.61 Å². The summed E-state index contributed by atoms with van der Waals surface area (Å²) in [6.45, 7) is 0.674. The Bertz CT molecular complexity index is 865. The molecule has 0 radical (unpaired) electrons. The SMILES string of the molecule is O=C(c1ccccc1)[C@@H]1C[C@@H]2CCN(C(=O)OCc3ccccc3)[C@H](C1)C2=O. The van der Waals surface area contributed by atoms with Gasteiger partial charge in [-0.15, -0.1) is 0 Å². The number of fused-ring (bicyclic) bond motifs is 2. The molecular formula is C23H23NO4. The van der Waals surface area contributed by atoms with E-state index in [0.717, 1.165) is 5.56 Å². The lowest BCUT2D eigenvalue weighted by Gasteiger charge is -2.43. The Morgan fingerprint density at radius 3 is 2.36 bits per heavy atom. The second-order valence-electron chi connectivity index (χ2n) is 7.54. The van der Waals surface area contributed by atoms with Gasteiger partial charge in [-0.3, -0.25) is 14.5 Å². The minimum Gasteiger partial charge on any atom is -0.445 e. The Hall–Kier alpha value is -2.95. The molecule has 1 aliphatic heterocycles. The minimum absolute atomic E-state index is 0.0580. The van der Waals surface area contributed by atoms with E-state index in [4.69, 9.17) is 4.74 Å². The largest absolute Gasteiger partial charge is 0.445 e. The van der Waals surface area contributed by atoms with Crippen LogP contribution < -0.4 is 0 Å². The Balaban J connectivity index is 1.45. The molecule has 4 rings (SSSR count). The van der Waals surface area contributed by atoms with E-state index in [2.05, 4.69) is 0 Å². The summed E-state index contributed by atoms with van der Waals surface area (Å²) in [5.41, 5.74) is 1.57. The van der Waals surface area contributed by atoms with Gasteiger partial charge in [-0.05, 0) is 24.8 Å². The van der Waals surface area contributed by atoms with Gasteiger partial charge >= 0.3 is 6.09 Å². The number of piperidine rings is 1. The van der Waals surface area contributed by atoms with Gasteiger partial charge in [0.25, 0.3) is 0 Å². The van der Waals surface area contributed by atoms with Gasteiger partial charge in [-0.25, -0.2) is 4.79 Å². The van der Waals surface area contributed by atoms with Crippen molar-refractivity contribution in [2.45, 2.75) is 31.9 Å². The molecule has 1 heterocycles. The molecule has 144 valence electrons. The van der Waals surface area contributed by atoms with E-state index < -0.39 is 12.1 Å². The molecule has 1 saturated carbocycles. The van der Waals surface area contributed by atoms with Crippen molar-refractivity contribution in [2.24, 2.45) is 11.8 Å². The van der Waals surface area contributed by atoms with Crippen molar-refractivity contribution in [3.63, 3.8) is 0 Å². The molecule has 28 heavy (non-hydrogen) atoms. The second kappa shape index (κ2) is 7.97. The molecular weight excluding hydrogens is 354 g/mol. The zero-order chi connectivity index (χ0) is 19.5. The number of rotatable bonds is 4. The lowest BCUT2D eigenvalue weighted by atomic mass is 9.71.